The van der Waals surface area contributed by atoms with Gasteiger partial charge in [0.2, 0.25) is 0 Å². The molecule has 0 spiro atoms. The van der Waals surface area contributed by atoms with Crippen LogP contribution in [0, 0.1) is 5.82 Å². The second-order valence-corrected chi connectivity index (χ2v) is 4.35. The van der Waals surface area contributed by atoms with Crippen LogP contribution in [0.4, 0.5) is 10.1 Å². The zero-order valence-corrected chi connectivity index (χ0v) is 10.0. The van der Waals surface area contributed by atoms with Crippen LogP contribution in [0.3, 0.4) is 0 Å². The fraction of sp³-hybridized carbons (Fsp3) is 0.500. The molecule has 0 amide bonds. The smallest absolute Gasteiger partial charge is 0.125 e. The molecule has 4 heteroatoms. The molecule has 0 bridgehead atoms. The molecule has 0 aliphatic carbocycles. The summed E-state index contributed by atoms with van der Waals surface area (Å²) in [5.74, 6) is 0.109. The lowest BCUT2D eigenvalue weighted by atomic mass is 10.2. The van der Waals surface area contributed by atoms with Crippen molar-refractivity contribution in [1.82, 2.24) is 0 Å². The van der Waals surface area contributed by atoms with E-state index in [1.807, 2.05) is 13.0 Å². The van der Waals surface area contributed by atoms with Crippen LogP contribution in [0.1, 0.15) is 12.5 Å². The number of morpholine rings is 1. The minimum Gasteiger partial charge on any atom is -0.375 e. The highest BCUT2D eigenvalue weighted by Crippen LogP contribution is 2.21. The second kappa shape index (κ2) is 5.02. The van der Waals surface area contributed by atoms with Gasteiger partial charge < -0.3 is 9.64 Å². The molecule has 1 heterocycles. The number of nitrogens with zero attached hydrogens (tertiary/aromatic N) is 1. The molecule has 88 valence electrons. The van der Waals surface area contributed by atoms with E-state index in [1.54, 1.807) is 6.07 Å². The SMILES string of the molecule is CC1CN(c2cc(F)cc(CCl)c2)CCO1. The predicted octanol–water partition coefficient (Wildman–Crippen LogP) is 2.79. The Bertz CT molecular complexity index is 372. The average Bonchev–Trinajstić information content (AvgIpc) is 2.28. The van der Waals surface area contributed by atoms with Crippen LogP contribution in [0.5, 0.6) is 0 Å². The highest BCUT2D eigenvalue weighted by atomic mass is 35.5. The average molecular weight is 244 g/mol. The van der Waals surface area contributed by atoms with E-state index in [9.17, 15) is 4.39 Å². The zero-order chi connectivity index (χ0) is 11.5. The topological polar surface area (TPSA) is 12.5 Å². The van der Waals surface area contributed by atoms with Gasteiger partial charge in [-0.3, -0.25) is 0 Å². The van der Waals surface area contributed by atoms with Crippen molar-refractivity contribution >= 4 is 17.3 Å². The first-order chi connectivity index (χ1) is 7.69. The fourth-order valence-electron chi connectivity index (χ4n) is 1.95. The molecule has 1 aromatic rings. The molecule has 1 fully saturated rings. The lowest BCUT2D eigenvalue weighted by Crippen LogP contribution is -2.41. The van der Waals surface area contributed by atoms with Crippen LogP contribution in [0.2, 0.25) is 0 Å². The molecule has 1 atom stereocenters. The molecule has 0 N–H and O–H groups in total. The van der Waals surface area contributed by atoms with Gasteiger partial charge in [-0.15, -0.1) is 11.6 Å². The Hall–Kier alpha value is -0.800. The van der Waals surface area contributed by atoms with Crippen LogP contribution < -0.4 is 4.90 Å². The van der Waals surface area contributed by atoms with Crippen molar-refractivity contribution in [1.29, 1.82) is 0 Å². The lowest BCUT2D eigenvalue weighted by Gasteiger charge is -2.33. The number of anilines is 1. The number of ether oxygens (including phenoxy) is 1. The van der Waals surface area contributed by atoms with Gasteiger partial charge in [0.15, 0.2) is 0 Å². The van der Waals surface area contributed by atoms with Crippen molar-refractivity contribution in [2.75, 3.05) is 24.6 Å². The van der Waals surface area contributed by atoms with E-state index in [2.05, 4.69) is 4.90 Å². The Kier molecular flexibility index (Phi) is 3.66. The fourth-order valence-corrected chi connectivity index (χ4v) is 2.10. The van der Waals surface area contributed by atoms with Gasteiger partial charge in [-0.1, -0.05) is 0 Å². The highest BCUT2D eigenvalue weighted by molar-refractivity contribution is 6.17. The molecule has 1 aliphatic heterocycles. The summed E-state index contributed by atoms with van der Waals surface area (Å²) in [5, 5.41) is 0. The summed E-state index contributed by atoms with van der Waals surface area (Å²) in [6, 6.07) is 4.96. The summed E-state index contributed by atoms with van der Waals surface area (Å²) in [7, 11) is 0. The quantitative estimate of drug-likeness (QED) is 0.741. The third-order valence-corrected chi connectivity index (χ3v) is 3.01. The van der Waals surface area contributed by atoms with Crippen molar-refractivity contribution < 1.29 is 9.13 Å². The van der Waals surface area contributed by atoms with Gasteiger partial charge in [-0.2, -0.15) is 0 Å². The Morgan fingerprint density at radius 3 is 3.00 bits per heavy atom. The van der Waals surface area contributed by atoms with Crippen molar-refractivity contribution in [2.24, 2.45) is 0 Å². The van der Waals surface area contributed by atoms with Crippen molar-refractivity contribution in [2.45, 2.75) is 18.9 Å². The first kappa shape index (κ1) is 11.7. The van der Waals surface area contributed by atoms with E-state index >= 15 is 0 Å². The molecule has 2 rings (SSSR count). The van der Waals surface area contributed by atoms with Crippen molar-refractivity contribution in [3.63, 3.8) is 0 Å². The first-order valence-electron chi connectivity index (χ1n) is 5.41. The monoisotopic (exact) mass is 243 g/mol. The Morgan fingerprint density at radius 1 is 1.50 bits per heavy atom. The number of hydrogen-bond donors (Lipinski definition) is 0. The highest BCUT2D eigenvalue weighted by Gasteiger charge is 2.17. The summed E-state index contributed by atoms with van der Waals surface area (Å²) < 4.78 is 18.8. The molecule has 0 saturated carbocycles. The molecule has 1 saturated heterocycles. The Morgan fingerprint density at radius 2 is 2.31 bits per heavy atom. The third kappa shape index (κ3) is 2.66. The minimum absolute atomic E-state index is 0.191. The van der Waals surface area contributed by atoms with E-state index in [0.29, 0.717) is 12.5 Å². The first-order valence-corrected chi connectivity index (χ1v) is 5.94. The summed E-state index contributed by atoms with van der Waals surface area (Å²) in [4.78, 5) is 2.13. The van der Waals surface area contributed by atoms with Crippen molar-refractivity contribution in [3.05, 3.63) is 29.6 Å². The summed E-state index contributed by atoms with van der Waals surface area (Å²) >= 11 is 5.73. The number of rotatable bonds is 2. The Balaban J connectivity index is 2.21. The van der Waals surface area contributed by atoms with Gasteiger partial charge in [0.1, 0.15) is 5.82 Å². The standard InChI is InChI=1S/C12H15ClFNO/c1-9-8-15(2-3-16-9)12-5-10(7-13)4-11(14)6-12/h4-6,9H,2-3,7-8H2,1H3. The van der Waals surface area contributed by atoms with Crippen LogP contribution in [-0.4, -0.2) is 25.8 Å². The number of hydrogen-bond acceptors (Lipinski definition) is 2. The molecule has 1 aliphatic rings. The number of alkyl halides is 1. The number of benzene rings is 1. The molecule has 16 heavy (non-hydrogen) atoms. The van der Waals surface area contributed by atoms with E-state index in [0.717, 1.165) is 24.3 Å². The summed E-state index contributed by atoms with van der Waals surface area (Å²) in [6.07, 6.45) is 0.191. The third-order valence-electron chi connectivity index (χ3n) is 2.70. The molecule has 0 aromatic heterocycles. The molecular formula is C12H15ClFNO. The Labute approximate surface area is 100.0 Å². The van der Waals surface area contributed by atoms with Crippen LogP contribution in [0.15, 0.2) is 18.2 Å². The van der Waals surface area contributed by atoms with Crippen molar-refractivity contribution in [3.8, 4) is 0 Å². The lowest BCUT2D eigenvalue weighted by molar-refractivity contribution is 0.0532. The molecule has 1 unspecified atom stereocenters. The molecular weight excluding hydrogens is 229 g/mol. The maximum Gasteiger partial charge on any atom is 0.125 e. The van der Waals surface area contributed by atoms with Gasteiger partial charge in [0.05, 0.1) is 12.7 Å². The molecule has 1 aromatic carbocycles. The number of halogens is 2. The van der Waals surface area contributed by atoms with Gasteiger partial charge in [0, 0.05) is 24.7 Å². The van der Waals surface area contributed by atoms with Crippen LogP contribution in [-0.2, 0) is 10.6 Å². The largest absolute Gasteiger partial charge is 0.375 e. The summed E-state index contributed by atoms with van der Waals surface area (Å²) in [5.41, 5.74) is 1.71. The minimum atomic E-state index is -0.229. The van der Waals surface area contributed by atoms with Crippen LogP contribution >= 0.6 is 11.6 Å². The normalized spacial score (nSPS) is 21.2. The molecule has 2 nitrogen and oxygen atoms in total. The molecule has 0 radical (unpaired) electrons. The van der Waals surface area contributed by atoms with E-state index < -0.39 is 0 Å². The van der Waals surface area contributed by atoms with Gasteiger partial charge in [-0.05, 0) is 30.7 Å². The maximum atomic E-state index is 13.4. The van der Waals surface area contributed by atoms with Crippen LogP contribution in [0.25, 0.3) is 0 Å². The zero-order valence-electron chi connectivity index (χ0n) is 9.25. The van der Waals surface area contributed by atoms with Gasteiger partial charge >= 0.3 is 0 Å². The summed E-state index contributed by atoms with van der Waals surface area (Å²) in [6.45, 7) is 4.31. The van der Waals surface area contributed by atoms with E-state index in [-0.39, 0.29) is 11.9 Å². The van der Waals surface area contributed by atoms with Gasteiger partial charge in [-0.25, -0.2) is 4.39 Å². The van der Waals surface area contributed by atoms with Gasteiger partial charge in [0.25, 0.3) is 0 Å². The van der Waals surface area contributed by atoms with E-state index in [1.165, 1.54) is 6.07 Å². The second-order valence-electron chi connectivity index (χ2n) is 4.08. The maximum absolute atomic E-state index is 13.4. The predicted molar refractivity (Wildman–Crippen MR) is 63.6 cm³/mol. The van der Waals surface area contributed by atoms with E-state index in [4.69, 9.17) is 16.3 Å².